The van der Waals surface area contributed by atoms with E-state index in [2.05, 4.69) is 13.8 Å². The smallest absolute Gasteiger partial charge is 0.309 e. The maximum Gasteiger partial charge on any atom is 0.309 e. The number of ether oxygens (including phenoxy) is 1. The van der Waals surface area contributed by atoms with Crippen molar-refractivity contribution < 1.29 is 14.3 Å². The van der Waals surface area contributed by atoms with Gasteiger partial charge in [-0.3, -0.25) is 9.59 Å². The predicted molar refractivity (Wildman–Crippen MR) is 113 cm³/mol. The van der Waals surface area contributed by atoms with Gasteiger partial charge in [-0.25, -0.2) is 0 Å². The number of esters is 1. The van der Waals surface area contributed by atoms with Gasteiger partial charge in [0.1, 0.15) is 6.10 Å². The van der Waals surface area contributed by atoms with Gasteiger partial charge in [0, 0.05) is 11.8 Å². The summed E-state index contributed by atoms with van der Waals surface area (Å²) in [6.07, 6.45) is 16.6. The monoisotopic (exact) mass is 398 g/mol. The largest absolute Gasteiger partial charge is 0.462 e. The van der Waals surface area contributed by atoms with Crippen molar-refractivity contribution in [2.75, 3.05) is 0 Å². The van der Waals surface area contributed by atoms with Crippen LogP contribution in [-0.4, -0.2) is 17.9 Å². The molecule has 0 aliphatic heterocycles. The Balaban J connectivity index is 1.32. The molecular formula is C26H38O3. The quantitative estimate of drug-likeness (QED) is 0.535. The van der Waals surface area contributed by atoms with Crippen molar-refractivity contribution in [1.82, 2.24) is 0 Å². The van der Waals surface area contributed by atoms with E-state index in [1.165, 1.54) is 50.5 Å². The second kappa shape index (κ2) is 7.24. The SMILES string of the molecule is C[C@]12CCC(=O)C=C1CCC1C2CC[C@@]2(C)C1CC[C@@H]2OC(=O)C1CCCCC1. The van der Waals surface area contributed by atoms with Crippen LogP contribution in [0, 0.1) is 34.5 Å². The van der Waals surface area contributed by atoms with Crippen LogP contribution in [0.4, 0.5) is 0 Å². The third-order valence-corrected chi connectivity index (χ3v) is 10.1. The number of hydrogen-bond acceptors (Lipinski definition) is 3. The molecule has 0 N–H and O–H groups in total. The fourth-order valence-electron chi connectivity index (χ4n) is 8.28. The molecule has 6 atom stereocenters. The zero-order chi connectivity index (χ0) is 20.2. The minimum atomic E-state index is 0.102. The van der Waals surface area contributed by atoms with Gasteiger partial charge in [-0.15, -0.1) is 0 Å². The van der Waals surface area contributed by atoms with Gasteiger partial charge in [0.2, 0.25) is 0 Å². The summed E-state index contributed by atoms with van der Waals surface area (Å²) in [6, 6.07) is 0. The Morgan fingerprint density at radius 3 is 2.52 bits per heavy atom. The number of allylic oxidation sites excluding steroid dienone is 1. The molecule has 0 aromatic rings. The number of rotatable bonds is 2. The van der Waals surface area contributed by atoms with Crippen LogP contribution in [0.2, 0.25) is 0 Å². The normalized spacial score (nSPS) is 45.0. The van der Waals surface area contributed by atoms with E-state index in [-0.39, 0.29) is 28.8 Å². The molecule has 0 saturated heterocycles. The standard InChI is InChI=1S/C26H38O3/c1-25-14-12-19(27)16-18(25)8-9-20-21-10-11-23(26(21,2)15-13-22(20)25)29-24(28)17-6-4-3-5-7-17/h16-17,20-23H,3-15H2,1-2H3/t20?,21?,22?,23-,25-,26-/m0/s1. The highest BCUT2D eigenvalue weighted by molar-refractivity contribution is 5.91. The Morgan fingerprint density at radius 2 is 1.72 bits per heavy atom. The molecule has 3 nitrogen and oxygen atoms in total. The van der Waals surface area contributed by atoms with E-state index in [9.17, 15) is 9.59 Å². The molecule has 3 unspecified atom stereocenters. The molecule has 29 heavy (non-hydrogen) atoms. The molecule has 0 aromatic heterocycles. The fourth-order valence-corrected chi connectivity index (χ4v) is 8.28. The Morgan fingerprint density at radius 1 is 0.931 bits per heavy atom. The Kier molecular flexibility index (Phi) is 4.95. The molecule has 4 saturated carbocycles. The first kappa shape index (κ1) is 19.8. The lowest BCUT2D eigenvalue weighted by molar-refractivity contribution is -0.165. The van der Waals surface area contributed by atoms with Crippen molar-refractivity contribution in [2.45, 2.75) is 103 Å². The molecule has 0 bridgehead atoms. The van der Waals surface area contributed by atoms with Crippen LogP contribution in [0.1, 0.15) is 97.3 Å². The van der Waals surface area contributed by atoms with E-state index in [0.29, 0.717) is 17.6 Å². The summed E-state index contributed by atoms with van der Waals surface area (Å²) < 4.78 is 6.25. The van der Waals surface area contributed by atoms with Crippen LogP contribution in [-0.2, 0) is 14.3 Å². The van der Waals surface area contributed by atoms with E-state index in [4.69, 9.17) is 4.74 Å². The Bertz CT molecular complexity index is 717. The average molecular weight is 399 g/mol. The number of hydrogen-bond donors (Lipinski definition) is 0. The van der Waals surface area contributed by atoms with Crippen LogP contribution < -0.4 is 0 Å². The fraction of sp³-hybridized carbons (Fsp3) is 0.846. The Labute approximate surface area is 176 Å². The van der Waals surface area contributed by atoms with Crippen LogP contribution >= 0.6 is 0 Å². The number of carbonyl (C=O) groups is 2. The molecule has 0 aromatic carbocycles. The summed E-state index contributed by atoms with van der Waals surface area (Å²) in [4.78, 5) is 24.9. The molecule has 5 aliphatic rings. The van der Waals surface area contributed by atoms with E-state index < -0.39 is 0 Å². The zero-order valence-corrected chi connectivity index (χ0v) is 18.4. The van der Waals surface area contributed by atoms with Gasteiger partial charge in [0.05, 0.1) is 5.92 Å². The molecular weight excluding hydrogens is 360 g/mol. The molecule has 3 heteroatoms. The maximum atomic E-state index is 12.9. The second-order valence-electron chi connectivity index (χ2n) is 11.4. The van der Waals surface area contributed by atoms with Gasteiger partial charge < -0.3 is 4.74 Å². The van der Waals surface area contributed by atoms with Crippen molar-refractivity contribution in [3.05, 3.63) is 11.6 Å². The molecule has 0 spiro atoms. The minimum Gasteiger partial charge on any atom is -0.462 e. The van der Waals surface area contributed by atoms with Crippen molar-refractivity contribution >= 4 is 11.8 Å². The Hall–Kier alpha value is -1.12. The lowest BCUT2D eigenvalue weighted by Crippen LogP contribution is -2.51. The molecule has 4 fully saturated rings. The molecule has 0 radical (unpaired) electrons. The molecule has 160 valence electrons. The van der Waals surface area contributed by atoms with Crippen LogP contribution in [0.5, 0.6) is 0 Å². The summed E-state index contributed by atoms with van der Waals surface area (Å²) in [5.74, 6) is 2.73. The summed E-state index contributed by atoms with van der Waals surface area (Å²) in [5, 5.41) is 0. The highest BCUT2D eigenvalue weighted by Gasteiger charge is 2.60. The molecule has 5 aliphatic carbocycles. The third kappa shape index (κ3) is 3.13. The van der Waals surface area contributed by atoms with Gasteiger partial charge in [-0.1, -0.05) is 38.7 Å². The minimum absolute atomic E-state index is 0.102. The molecule has 5 rings (SSSR count). The first-order chi connectivity index (χ1) is 13.9. The van der Waals surface area contributed by atoms with Gasteiger partial charge in [0.15, 0.2) is 5.78 Å². The number of ketones is 1. The highest BCUT2D eigenvalue weighted by atomic mass is 16.5. The third-order valence-electron chi connectivity index (χ3n) is 10.1. The van der Waals surface area contributed by atoms with Crippen molar-refractivity contribution in [3.63, 3.8) is 0 Å². The first-order valence-corrected chi connectivity index (χ1v) is 12.4. The molecule has 0 amide bonds. The van der Waals surface area contributed by atoms with Gasteiger partial charge in [0.25, 0.3) is 0 Å². The highest BCUT2D eigenvalue weighted by Crippen LogP contribution is 2.65. The predicted octanol–water partition coefficient (Wildman–Crippen LogP) is 6.01. The summed E-state index contributed by atoms with van der Waals surface area (Å²) in [5.41, 5.74) is 1.83. The van der Waals surface area contributed by atoms with Crippen LogP contribution in [0.3, 0.4) is 0 Å². The van der Waals surface area contributed by atoms with Crippen molar-refractivity contribution in [3.8, 4) is 0 Å². The summed E-state index contributed by atoms with van der Waals surface area (Å²) in [6.45, 7) is 4.87. The van der Waals surface area contributed by atoms with Crippen LogP contribution in [0.25, 0.3) is 0 Å². The lowest BCUT2D eigenvalue weighted by Gasteiger charge is -2.57. The summed E-state index contributed by atoms with van der Waals surface area (Å²) in [7, 11) is 0. The molecule has 0 heterocycles. The van der Waals surface area contributed by atoms with Gasteiger partial charge in [-0.05, 0) is 87.0 Å². The van der Waals surface area contributed by atoms with E-state index in [1.807, 2.05) is 6.08 Å². The zero-order valence-electron chi connectivity index (χ0n) is 18.4. The first-order valence-electron chi connectivity index (χ1n) is 12.4. The van der Waals surface area contributed by atoms with Crippen molar-refractivity contribution in [1.29, 1.82) is 0 Å². The van der Waals surface area contributed by atoms with E-state index in [0.717, 1.165) is 44.4 Å². The van der Waals surface area contributed by atoms with E-state index >= 15 is 0 Å². The van der Waals surface area contributed by atoms with Gasteiger partial charge >= 0.3 is 5.97 Å². The maximum absolute atomic E-state index is 12.9. The topological polar surface area (TPSA) is 43.4 Å². The number of fused-ring (bicyclic) bond motifs is 5. The van der Waals surface area contributed by atoms with Crippen LogP contribution in [0.15, 0.2) is 11.6 Å². The van der Waals surface area contributed by atoms with E-state index in [1.54, 1.807) is 0 Å². The second-order valence-corrected chi connectivity index (χ2v) is 11.4. The average Bonchev–Trinajstić information content (AvgIpc) is 3.05. The summed E-state index contributed by atoms with van der Waals surface area (Å²) >= 11 is 0. The number of carbonyl (C=O) groups excluding carboxylic acids is 2. The van der Waals surface area contributed by atoms with Gasteiger partial charge in [-0.2, -0.15) is 0 Å². The lowest BCUT2D eigenvalue weighted by atomic mass is 9.47. The van der Waals surface area contributed by atoms with Crippen molar-refractivity contribution in [2.24, 2.45) is 34.5 Å².